The van der Waals surface area contributed by atoms with Crippen molar-refractivity contribution in [2.75, 3.05) is 19.6 Å². The lowest BCUT2D eigenvalue weighted by molar-refractivity contribution is -0.152. The van der Waals surface area contributed by atoms with Gasteiger partial charge in [0.15, 0.2) is 0 Å². The Morgan fingerprint density at radius 1 is 1.14 bits per heavy atom. The molecule has 6 nitrogen and oxygen atoms in total. The number of carbonyl (C=O) groups excluding carboxylic acids is 3. The number of nitrogens with zero attached hydrogens (tertiary/aromatic N) is 2. The monoisotopic (exact) mass is 397 g/mol. The van der Waals surface area contributed by atoms with Crippen LogP contribution in [0.4, 0.5) is 0 Å². The molecule has 156 valence electrons. The number of nitrogens with one attached hydrogen (secondary N) is 1. The van der Waals surface area contributed by atoms with Crippen LogP contribution in [0.1, 0.15) is 55.8 Å². The van der Waals surface area contributed by atoms with Gasteiger partial charge in [0.1, 0.15) is 0 Å². The van der Waals surface area contributed by atoms with Crippen LogP contribution in [0.2, 0.25) is 0 Å². The Morgan fingerprint density at radius 3 is 2.66 bits per heavy atom. The third-order valence-corrected chi connectivity index (χ3v) is 6.79. The summed E-state index contributed by atoms with van der Waals surface area (Å²) in [6.07, 6.45) is 4.87. The highest BCUT2D eigenvalue weighted by Gasteiger charge is 2.50. The first-order valence-corrected chi connectivity index (χ1v) is 11.0. The van der Waals surface area contributed by atoms with Crippen LogP contribution >= 0.6 is 0 Å². The summed E-state index contributed by atoms with van der Waals surface area (Å²) < 4.78 is 0. The van der Waals surface area contributed by atoms with E-state index in [2.05, 4.69) is 10.2 Å². The summed E-state index contributed by atoms with van der Waals surface area (Å²) in [6.45, 7) is 3.84. The van der Waals surface area contributed by atoms with Crippen molar-refractivity contribution in [1.82, 2.24) is 15.1 Å². The molecule has 3 aliphatic rings. The molecule has 0 aliphatic carbocycles. The lowest BCUT2D eigenvalue weighted by Gasteiger charge is -2.56. The number of hydrogen-bond acceptors (Lipinski definition) is 3. The molecule has 0 radical (unpaired) electrons. The number of piperidine rings is 3. The molecule has 3 saturated heterocycles. The van der Waals surface area contributed by atoms with Crippen LogP contribution in [0.5, 0.6) is 0 Å². The molecular weight excluding hydrogens is 366 g/mol. The summed E-state index contributed by atoms with van der Waals surface area (Å²) in [4.78, 5) is 42.0. The third-order valence-electron chi connectivity index (χ3n) is 6.79. The minimum absolute atomic E-state index is 0.0174. The number of fused-ring (bicyclic) bond motifs is 4. The zero-order chi connectivity index (χ0) is 20.4. The zero-order valence-corrected chi connectivity index (χ0v) is 17.2. The highest BCUT2D eigenvalue weighted by molar-refractivity contribution is 5.94. The van der Waals surface area contributed by atoms with Crippen LogP contribution < -0.4 is 5.32 Å². The van der Waals surface area contributed by atoms with Gasteiger partial charge >= 0.3 is 0 Å². The number of carbonyl (C=O) groups is 3. The minimum atomic E-state index is -0.0174. The smallest absolute Gasteiger partial charge is 0.253 e. The van der Waals surface area contributed by atoms with Gasteiger partial charge in [0, 0.05) is 44.1 Å². The van der Waals surface area contributed by atoms with Crippen LogP contribution in [0, 0.1) is 11.8 Å². The fourth-order valence-corrected chi connectivity index (χ4v) is 5.50. The molecule has 3 heterocycles. The van der Waals surface area contributed by atoms with Crippen molar-refractivity contribution in [2.45, 2.75) is 57.5 Å². The Kier molecular flexibility index (Phi) is 5.88. The van der Waals surface area contributed by atoms with Gasteiger partial charge in [-0.15, -0.1) is 0 Å². The number of amides is 3. The van der Waals surface area contributed by atoms with Gasteiger partial charge < -0.3 is 15.1 Å². The van der Waals surface area contributed by atoms with E-state index in [4.69, 9.17) is 0 Å². The second-order valence-corrected chi connectivity index (χ2v) is 8.71. The first-order valence-electron chi connectivity index (χ1n) is 11.0. The van der Waals surface area contributed by atoms with E-state index in [9.17, 15) is 14.4 Å². The van der Waals surface area contributed by atoms with Crippen molar-refractivity contribution in [3.8, 4) is 0 Å². The molecule has 0 saturated carbocycles. The molecule has 0 spiro atoms. The molecule has 3 fully saturated rings. The van der Waals surface area contributed by atoms with Gasteiger partial charge in [-0.1, -0.05) is 25.1 Å². The van der Waals surface area contributed by atoms with Crippen molar-refractivity contribution < 1.29 is 14.4 Å². The van der Waals surface area contributed by atoms with Crippen LogP contribution in [0.15, 0.2) is 30.3 Å². The maximum Gasteiger partial charge on any atom is 0.253 e. The molecule has 6 heteroatoms. The van der Waals surface area contributed by atoms with Gasteiger partial charge in [0.05, 0.1) is 6.04 Å². The largest absolute Gasteiger partial charge is 0.354 e. The van der Waals surface area contributed by atoms with Crippen molar-refractivity contribution in [2.24, 2.45) is 11.8 Å². The van der Waals surface area contributed by atoms with E-state index < -0.39 is 0 Å². The van der Waals surface area contributed by atoms with Gasteiger partial charge in [-0.25, -0.2) is 0 Å². The van der Waals surface area contributed by atoms with Crippen LogP contribution in [0.3, 0.4) is 0 Å². The van der Waals surface area contributed by atoms with Crippen LogP contribution in [-0.4, -0.2) is 59.2 Å². The molecule has 1 N–H and O–H groups in total. The van der Waals surface area contributed by atoms with Gasteiger partial charge in [-0.3, -0.25) is 14.4 Å². The summed E-state index contributed by atoms with van der Waals surface area (Å²) >= 11 is 0. The van der Waals surface area contributed by atoms with Crippen molar-refractivity contribution in [1.29, 1.82) is 0 Å². The van der Waals surface area contributed by atoms with E-state index >= 15 is 0 Å². The third kappa shape index (κ3) is 4.02. The Labute approximate surface area is 172 Å². The van der Waals surface area contributed by atoms with Gasteiger partial charge in [0.2, 0.25) is 11.8 Å². The second-order valence-electron chi connectivity index (χ2n) is 8.71. The van der Waals surface area contributed by atoms with Crippen LogP contribution in [0.25, 0.3) is 0 Å². The van der Waals surface area contributed by atoms with E-state index in [1.54, 1.807) is 0 Å². The lowest BCUT2D eigenvalue weighted by atomic mass is 9.72. The topological polar surface area (TPSA) is 69.7 Å². The maximum absolute atomic E-state index is 13.1. The number of likely N-dealkylation sites (tertiary alicyclic amines) is 1. The normalized spacial score (nSPS) is 28.7. The summed E-state index contributed by atoms with van der Waals surface area (Å²) in [5.74, 6) is 0.872. The molecule has 1 aromatic carbocycles. The molecule has 29 heavy (non-hydrogen) atoms. The quantitative estimate of drug-likeness (QED) is 0.830. The van der Waals surface area contributed by atoms with E-state index in [0.29, 0.717) is 38.4 Å². The predicted molar refractivity (Wildman–Crippen MR) is 110 cm³/mol. The van der Waals surface area contributed by atoms with E-state index in [1.807, 2.05) is 42.2 Å². The molecule has 3 aliphatic heterocycles. The average molecular weight is 398 g/mol. The summed E-state index contributed by atoms with van der Waals surface area (Å²) in [5.41, 5.74) is 0.719. The number of benzene rings is 1. The summed E-state index contributed by atoms with van der Waals surface area (Å²) in [7, 11) is 0. The molecule has 4 atom stereocenters. The zero-order valence-electron chi connectivity index (χ0n) is 17.2. The Morgan fingerprint density at radius 2 is 1.90 bits per heavy atom. The van der Waals surface area contributed by atoms with Crippen molar-refractivity contribution in [3.05, 3.63) is 35.9 Å². The molecule has 1 aromatic rings. The Hall–Kier alpha value is -2.37. The molecule has 0 unspecified atom stereocenters. The van der Waals surface area contributed by atoms with Gasteiger partial charge in [-0.05, 0) is 49.7 Å². The molecule has 4 rings (SSSR count). The number of hydrogen-bond donors (Lipinski definition) is 1. The standard InChI is InChI=1S/C23H31N3O3/c1-2-7-21(27)24-13-20-18-12-17(19-10-6-11-22(28)26(19)20)14-25(15-18)23(29)16-8-4-3-5-9-16/h3-5,8-9,17-20H,2,6-7,10-15H2,1H3,(H,24,27)/t17-,18+,19+,20+/m1/s1. The fraction of sp³-hybridized carbons (Fsp3) is 0.609. The van der Waals surface area contributed by atoms with Gasteiger partial charge in [-0.2, -0.15) is 0 Å². The van der Waals surface area contributed by atoms with Crippen molar-refractivity contribution >= 4 is 17.7 Å². The minimum Gasteiger partial charge on any atom is -0.354 e. The Bertz CT molecular complexity index is 766. The second kappa shape index (κ2) is 8.56. The molecule has 2 bridgehead atoms. The summed E-state index contributed by atoms with van der Waals surface area (Å²) in [6, 6.07) is 9.61. The average Bonchev–Trinajstić information content (AvgIpc) is 2.74. The highest BCUT2D eigenvalue weighted by Crippen LogP contribution is 2.41. The van der Waals surface area contributed by atoms with E-state index in [-0.39, 0.29) is 35.7 Å². The SMILES string of the molecule is CCCC(=O)NC[C@H]1[C@H]2C[C@H](CN(C(=O)c3ccccc3)C2)[C@@H]2CCCC(=O)N21. The molecular formula is C23H31N3O3. The molecule has 3 amide bonds. The van der Waals surface area contributed by atoms with E-state index in [1.165, 1.54) is 0 Å². The van der Waals surface area contributed by atoms with Crippen molar-refractivity contribution in [3.63, 3.8) is 0 Å². The summed E-state index contributed by atoms with van der Waals surface area (Å²) in [5, 5.41) is 3.05. The van der Waals surface area contributed by atoms with E-state index in [0.717, 1.165) is 31.2 Å². The van der Waals surface area contributed by atoms with Crippen LogP contribution in [-0.2, 0) is 9.59 Å². The molecule has 0 aromatic heterocycles. The Balaban J connectivity index is 1.55. The fourth-order valence-electron chi connectivity index (χ4n) is 5.50. The first kappa shape index (κ1) is 19.9. The predicted octanol–water partition coefficient (Wildman–Crippen LogP) is 2.44. The maximum atomic E-state index is 13.1. The lowest BCUT2D eigenvalue weighted by Crippen LogP contribution is -2.67. The number of rotatable bonds is 5. The van der Waals surface area contributed by atoms with Gasteiger partial charge in [0.25, 0.3) is 5.91 Å². The highest BCUT2D eigenvalue weighted by atomic mass is 16.2. The first-order chi connectivity index (χ1) is 14.1.